The van der Waals surface area contributed by atoms with E-state index in [9.17, 15) is 24.6 Å². The van der Waals surface area contributed by atoms with Crippen LogP contribution in [0.2, 0.25) is 0 Å². The molecule has 1 fully saturated rings. The molecule has 0 aliphatic carbocycles. The maximum atomic E-state index is 14.0. The van der Waals surface area contributed by atoms with Gasteiger partial charge in [-0.1, -0.05) is 49.4 Å². The Hall–Kier alpha value is -4.73. The van der Waals surface area contributed by atoms with E-state index in [1.54, 1.807) is 84.6 Å². The van der Waals surface area contributed by atoms with Gasteiger partial charge in [0.2, 0.25) is 5.91 Å². The number of fused-ring (bicyclic) bond motifs is 3. The van der Waals surface area contributed by atoms with Gasteiger partial charge >= 0.3 is 0 Å². The second-order valence-corrected chi connectivity index (χ2v) is 11.4. The van der Waals surface area contributed by atoms with Gasteiger partial charge in [-0.2, -0.15) is 0 Å². The molecule has 0 bridgehead atoms. The summed E-state index contributed by atoms with van der Waals surface area (Å²) in [5.74, 6) is -0.708. The molecule has 3 heterocycles. The predicted molar refractivity (Wildman–Crippen MR) is 167 cm³/mol. The molecule has 0 unspecified atom stereocenters. The zero-order chi connectivity index (χ0) is 31.0. The number of aliphatic hydroxyl groups is 2. The third-order valence-corrected chi connectivity index (χ3v) is 8.75. The maximum absolute atomic E-state index is 14.0. The van der Waals surface area contributed by atoms with E-state index in [-0.39, 0.29) is 37.4 Å². The van der Waals surface area contributed by atoms with Gasteiger partial charge in [-0.25, -0.2) is 0 Å². The molecule has 9 nitrogen and oxygen atoms in total. The Morgan fingerprint density at radius 3 is 2.61 bits per heavy atom. The Morgan fingerprint density at radius 2 is 1.84 bits per heavy atom. The fourth-order valence-corrected chi connectivity index (χ4v) is 6.43. The number of nitrogens with zero attached hydrogens (tertiary/aromatic N) is 3. The fraction of sp³-hybridized carbons (Fsp3) is 0.286. The van der Waals surface area contributed by atoms with Crippen molar-refractivity contribution >= 4 is 34.8 Å². The maximum Gasteiger partial charge on any atom is 0.266 e. The lowest BCUT2D eigenvalue weighted by Crippen LogP contribution is -2.44. The first-order valence-electron chi connectivity index (χ1n) is 14.9. The molecular formula is C35H35N3O6. The largest absolute Gasteiger partial charge is 0.454 e. The normalized spacial score (nSPS) is 21.5. The zero-order valence-electron chi connectivity index (χ0n) is 24.6. The summed E-state index contributed by atoms with van der Waals surface area (Å²) in [6, 6.07) is 19.2. The molecule has 3 aliphatic heterocycles. The first-order chi connectivity index (χ1) is 21.3. The highest BCUT2D eigenvalue weighted by Gasteiger charge is 2.52. The number of rotatable bonds is 8. The summed E-state index contributed by atoms with van der Waals surface area (Å²) in [5.41, 5.74) is 0.285. The first-order valence-corrected chi connectivity index (χ1v) is 14.9. The summed E-state index contributed by atoms with van der Waals surface area (Å²) < 4.78 is 6.14. The van der Waals surface area contributed by atoms with Crippen LogP contribution < -0.4 is 14.5 Å². The molecule has 3 aromatic rings. The summed E-state index contributed by atoms with van der Waals surface area (Å²) in [5, 5.41) is 21.8. The smallest absolute Gasteiger partial charge is 0.266 e. The number of anilines is 3. The summed E-state index contributed by atoms with van der Waals surface area (Å²) in [4.78, 5) is 45.4. The molecule has 6 rings (SSSR count). The van der Waals surface area contributed by atoms with Crippen LogP contribution in [0.5, 0.6) is 11.5 Å². The van der Waals surface area contributed by atoms with Crippen LogP contribution in [0, 0.1) is 5.92 Å². The molecule has 0 radical (unpaired) electrons. The Labute approximate surface area is 256 Å². The molecule has 3 atom stereocenters. The Balaban J connectivity index is 1.38. The van der Waals surface area contributed by atoms with E-state index in [0.29, 0.717) is 46.2 Å². The Bertz CT molecular complexity index is 1670. The van der Waals surface area contributed by atoms with Gasteiger partial charge in [0.1, 0.15) is 5.75 Å². The van der Waals surface area contributed by atoms with Gasteiger partial charge in [0, 0.05) is 36.7 Å². The molecule has 0 spiro atoms. The van der Waals surface area contributed by atoms with Crippen LogP contribution in [0.3, 0.4) is 0 Å². The topological polar surface area (TPSA) is 111 Å². The van der Waals surface area contributed by atoms with Crippen LogP contribution >= 0.6 is 0 Å². The van der Waals surface area contributed by atoms with E-state index in [2.05, 4.69) is 6.58 Å². The van der Waals surface area contributed by atoms with Crippen molar-refractivity contribution in [3.8, 4) is 11.5 Å². The zero-order valence-corrected chi connectivity index (χ0v) is 24.6. The van der Waals surface area contributed by atoms with Crippen LogP contribution in [0.1, 0.15) is 42.1 Å². The number of benzene rings is 3. The van der Waals surface area contributed by atoms with E-state index in [1.807, 2.05) is 12.1 Å². The number of likely N-dealkylation sites (tertiary alicyclic amines) is 1. The number of carbonyl (C=O) groups excluding carboxylic acids is 3. The highest BCUT2D eigenvalue weighted by atomic mass is 16.5. The van der Waals surface area contributed by atoms with E-state index >= 15 is 0 Å². The lowest BCUT2D eigenvalue weighted by molar-refractivity contribution is -0.139. The average Bonchev–Trinajstić information content (AvgIpc) is 3.56. The van der Waals surface area contributed by atoms with Crippen LogP contribution in [-0.2, 0) is 15.2 Å². The monoisotopic (exact) mass is 593 g/mol. The molecule has 3 aliphatic rings. The van der Waals surface area contributed by atoms with Crippen molar-refractivity contribution in [3.63, 3.8) is 0 Å². The van der Waals surface area contributed by atoms with Crippen molar-refractivity contribution in [1.82, 2.24) is 4.90 Å². The van der Waals surface area contributed by atoms with Gasteiger partial charge in [-0.15, -0.1) is 6.58 Å². The third kappa shape index (κ3) is 4.78. The van der Waals surface area contributed by atoms with Crippen molar-refractivity contribution in [1.29, 1.82) is 0 Å². The summed E-state index contributed by atoms with van der Waals surface area (Å²) >= 11 is 0. The number of hydrogen-bond donors (Lipinski definition) is 2. The van der Waals surface area contributed by atoms with E-state index in [0.717, 1.165) is 12.8 Å². The molecule has 2 N–H and O–H groups in total. The lowest BCUT2D eigenvalue weighted by Gasteiger charge is -2.28. The van der Waals surface area contributed by atoms with Crippen LogP contribution in [0.4, 0.5) is 17.1 Å². The molecular weight excluding hydrogens is 558 g/mol. The fourth-order valence-electron chi connectivity index (χ4n) is 6.43. The van der Waals surface area contributed by atoms with Crippen molar-refractivity contribution in [3.05, 3.63) is 103 Å². The number of ether oxygens (including phenoxy) is 1. The third-order valence-electron chi connectivity index (χ3n) is 8.75. The van der Waals surface area contributed by atoms with Crippen molar-refractivity contribution in [2.45, 2.75) is 37.8 Å². The van der Waals surface area contributed by atoms with Gasteiger partial charge < -0.3 is 24.7 Å². The standard InChI is InChI=1S/C35H35N3O6/c1-3-19-37-28-18-17-24(38-29-13-5-7-15-31(29)44-30-14-6-4-12-26(30)33(38)41)21-27(28)35(43,34(37)42)23(2)10-8-16-32(40)36-20-9-11-25(36)22-39/h3-8,10,12-15,17-18,21,23,25,39,43H,1,9,11,16,19-20,22H2,2H3/b10-8+/t23-,25-,35+/m0/s1. The van der Waals surface area contributed by atoms with Crippen LogP contribution in [-0.4, -0.2) is 58.6 Å². The molecule has 226 valence electrons. The van der Waals surface area contributed by atoms with Gasteiger partial charge in [-0.05, 0) is 55.3 Å². The predicted octanol–water partition coefficient (Wildman–Crippen LogP) is 5.06. The SMILES string of the molecule is C=CCN1C(=O)[C@@](O)([C@@H](C)/C=C/CC(=O)N2CCC[C@H]2CO)c2cc(N3C(=O)c4ccccc4Oc4ccccc43)ccc21. The van der Waals surface area contributed by atoms with E-state index in [4.69, 9.17) is 4.74 Å². The van der Waals surface area contributed by atoms with Gasteiger partial charge in [0.25, 0.3) is 11.8 Å². The molecule has 44 heavy (non-hydrogen) atoms. The van der Waals surface area contributed by atoms with Crippen molar-refractivity contribution in [2.75, 3.05) is 29.5 Å². The van der Waals surface area contributed by atoms with Crippen molar-refractivity contribution in [2.24, 2.45) is 5.92 Å². The van der Waals surface area contributed by atoms with Gasteiger partial charge in [-0.3, -0.25) is 19.3 Å². The number of aliphatic hydroxyl groups excluding tert-OH is 1. The Morgan fingerprint density at radius 1 is 1.09 bits per heavy atom. The van der Waals surface area contributed by atoms with Crippen molar-refractivity contribution < 1.29 is 29.3 Å². The number of hydrogen-bond acceptors (Lipinski definition) is 6. The van der Waals surface area contributed by atoms with E-state index < -0.39 is 17.4 Å². The number of para-hydroxylation sites is 3. The summed E-state index contributed by atoms with van der Waals surface area (Å²) in [6.07, 6.45) is 6.67. The Kier molecular flexibility index (Phi) is 7.84. The second-order valence-electron chi connectivity index (χ2n) is 11.4. The van der Waals surface area contributed by atoms with Gasteiger partial charge in [0.15, 0.2) is 11.4 Å². The minimum Gasteiger partial charge on any atom is -0.454 e. The van der Waals surface area contributed by atoms with Gasteiger partial charge in [0.05, 0.1) is 29.6 Å². The highest BCUT2D eigenvalue weighted by Crippen LogP contribution is 2.49. The average molecular weight is 594 g/mol. The lowest BCUT2D eigenvalue weighted by atomic mass is 9.82. The number of carbonyl (C=O) groups is 3. The van der Waals surface area contributed by atoms with Crippen LogP contribution in [0.25, 0.3) is 0 Å². The second kappa shape index (κ2) is 11.7. The minimum atomic E-state index is -1.96. The molecule has 0 aromatic heterocycles. The summed E-state index contributed by atoms with van der Waals surface area (Å²) in [6.45, 7) is 6.24. The summed E-state index contributed by atoms with van der Waals surface area (Å²) in [7, 11) is 0. The quantitative estimate of drug-likeness (QED) is 0.354. The minimum absolute atomic E-state index is 0.0694. The van der Waals surface area contributed by atoms with Crippen LogP contribution in [0.15, 0.2) is 91.5 Å². The molecule has 3 aromatic carbocycles. The molecule has 1 saturated heterocycles. The molecule has 3 amide bonds. The van der Waals surface area contributed by atoms with E-state index in [1.165, 1.54) is 9.80 Å². The number of amides is 3. The molecule has 0 saturated carbocycles. The highest BCUT2D eigenvalue weighted by molar-refractivity contribution is 6.15. The molecule has 9 heteroatoms. The first kappa shape index (κ1) is 29.3.